The van der Waals surface area contributed by atoms with Crippen LogP contribution in [0.25, 0.3) is 10.9 Å². The number of amides is 1. The molecule has 1 saturated heterocycles. The molecular formula is C16H20N2O4S. The Hall–Kier alpha value is -1.86. The van der Waals surface area contributed by atoms with Gasteiger partial charge in [0.05, 0.1) is 18.1 Å². The highest BCUT2D eigenvalue weighted by Gasteiger charge is 2.29. The molecule has 0 saturated carbocycles. The minimum atomic E-state index is -3.00. The van der Waals surface area contributed by atoms with Gasteiger partial charge >= 0.3 is 0 Å². The number of aromatic nitrogens is 1. The summed E-state index contributed by atoms with van der Waals surface area (Å²) in [6.45, 7) is 1.31. The second-order valence-electron chi connectivity index (χ2n) is 5.81. The first-order valence-electron chi connectivity index (χ1n) is 7.58. The zero-order valence-corrected chi connectivity index (χ0v) is 13.8. The fourth-order valence-electron chi connectivity index (χ4n) is 2.98. The Morgan fingerprint density at radius 2 is 2.22 bits per heavy atom. The van der Waals surface area contributed by atoms with Crippen molar-refractivity contribution < 1.29 is 17.9 Å². The molecule has 2 heterocycles. The van der Waals surface area contributed by atoms with Crippen molar-refractivity contribution in [3.05, 3.63) is 36.0 Å². The van der Waals surface area contributed by atoms with Crippen LogP contribution in [0.1, 0.15) is 16.8 Å². The molecule has 0 bridgehead atoms. The molecular weight excluding hydrogens is 316 g/mol. The van der Waals surface area contributed by atoms with Gasteiger partial charge in [-0.15, -0.1) is 0 Å². The number of rotatable bonds is 5. The molecule has 1 fully saturated rings. The zero-order valence-electron chi connectivity index (χ0n) is 13.0. The van der Waals surface area contributed by atoms with E-state index >= 15 is 0 Å². The molecule has 7 heteroatoms. The number of hydrogen-bond donors (Lipinski definition) is 1. The van der Waals surface area contributed by atoms with Gasteiger partial charge in [-0.05, 0) is 24.6 Å². The largest absolute Gasteiger partial charge is 0.383 e. The van der Waals surface area contributed by atoms with E-state index in [1.165, 1.54) is 0 Å². The van der Waals surface area contributed by atoms with Gasteiger partial charge in [-0.2, -0.15) is 0 Å². The third-order valence-corrected chi connectivity index (χ3v) is 5.93. The van der Waals surface area contributed by atoms with Gasteiger partial charge in [0.2, 0.25) is 0 Å². The highest BCUT2D eigenvalue weighted by Crippen LogP contribution is 2.21. The third kappa shape index (κ3) is 3.40. The van der Waals surface area contributed by atoms with Crippen molar-refractivity contribution in [2.75, 3.05) is 25.2 Å². The number of fused-ring (bicyclic) bond motifs is 1. The minimum absolute atomic E-state index is 0.0313. The van der Waals surface area contributed by atoms with Gasteiger partial charge < -0.3 is 14.6 Å². The van der Waals surface area contributed by atoms with E-state index in [-0.39, 0.29) is 23.5 Å². The first-order valence-corrected chi connectivity index (χ1v) is 9.40. The van der Waals surface area contributed by atoms with Gasteiger partial charge in [-0.25, -0.2) is 8.42 Å². The van der Waals surface area contributed by atoms with Crippen molar-refractivity contribution in [3.63, 3.8) is 0 Å². The third-order valence-electron chi connectivity index (χ3n) is 4.16. The number of carbonyl (C=O) groups is 1. The number of nitrogens with zero attached hydrogens (tertiary/aromatic N) is 1. The van der Waals surface area contributed by atoms with Crippen LogP contribution >= 0.6 is 0 Å². The summed E-state index contributed by atoms with van der Waals surface area (Å²) in [6.07, 6.45) is 2.42. The number of benzene rings is 1. The SMILES string of the molecule is COCCn1ccc2c(C(=O)NC3CCS(=O)(=O)C3)cccc21. The van der Waals surface area contributed by atoms with E-state index in [1.807, 2.05) is 29.0 Å². The highest BCUT2D eigenvalue weighted by atomic mass is 32.2. The fourth-order valence-corrected chi connectivity index (χ4v) is 4.65. The van der Waals surface area contributed by atoms with E-state index in [2.05, 4.69) is 5.32 Å². The van der Waals surface area contributed by atoms with Crippen LogP contribution in [0.4, 0.5) is 0 Å². The van der Waals surface area contributed by atoms with Crippen molar-refractivity contribution in [1.29, 1.82) is 0 Å². The Balaban J connectivity index is 1.82. The molecule has 23 heavy (non-hydrogen) atoms. The highest BCUT2D eigenvalue weighted by molar-refractivity contribution is 7.91. The van der Waals surface area contributed by atoms with E-state index in [1.54, 1.807) is 13.2 Å². The molecule has 1 aliphatic rings. The topological polar surface area (TPSA) is 77.4 Å². The van der Waals surface area contributed by atoms with Crippen molar-refractivity contribution in [2.24, 2.45) is 0 Å². The number of carbonyl (C=O) groups excluding carboxylic acids is 1. The Kier molecular flexibility index (Phi) is 4.41. The van der Waals surface area contributed by atoms with Crippen LogP contribution in [0.5, 0.6) is 0 Å². The quantitative estimate of drug-likeness (QED) is 0.890. The lowest BCUT2D eigenvalue weighted by molar-refractivity contribution is 0.0943. The Morgan fingerprint density at radius 1 is 1.39 bits per heavy atom. The van der Waals surface area contributed by atoms with Crippen molar-refractivity contribution in [3.8, 4) is 0 Å². The maximum Gasteiger partial charge on any atom is 0.252 e. The summed E-state index contributed by atoms with van der Waals surface area (Å²) >= 11 is 0. The lowest BCUT2D eigenvalue weighted by Crippen LogP contribution is -2.35. The van der Waals surface area contributed by atoms with Gasteiger partial charge in [0.15, 0.2) is 9.84 Å². The molecule has 1 unspecified atom stereocenters. The molecule has 1 aromatic carbocycles. The van der Waals surface area contributed by atoms with Crippen molar-refractivity contribution >= 4 is 26.6 Å². The summed E-state index contributed by atoms with van der Waals surface area (Å²) in [5.41, 5.74) is 1.54. The Morgan fingerprint density at radius 3 is 2.91 bits per heavy atom. The van der Waals surface area contributed by atoms with Gasteiger partial charge in [0.25, 0.3) is 5.91 Å². The maximum atomic E-state index is 12.5. The van der Waals surface area contributed by atoms with Gasteiger partial charge in [-0.1, -0.05) is 6.07 Å². The fraction of sp³-hybridized carbons (Fsp3) is 0.438. The maximum absolute atomic E-state index is 12.5. The van der Waals surface area contributed by atoms with Crippen LogP contribution in [-0.4, -0.2) is 50.2 Å². The van der Waals surface area contributed by atoms with E-state index in [4.69, 9.17) is 4.74 Å². The zero-order chi connectivity index (χ0) is 16.4. The van der Waals surface area contributed by atoms with E-state index in [0.717, 1.165) is 10.9 Å². The van der Waals surface area contributed by atoms with E-state index in [9.17, 15) is 13.2 Å². The first kappa shape index (κ1) is 16.0. The molecule has 124 valence electrons. The second kappa shape index (κ2) is 6.33. The van der Waals surface area contributed by atoms with Crippen LogP contribution in [0.2, 0.25) is 0 Å². The van der Waals surface area contributed by atoms with Crippen molar-refractivity contribution in [1.82, 2.24) is 9.88 Å². The van der Waals surface area contributed by atoms with Gasteiger partial charge in [0, 0.05) is 42.4 Å². The van der Waals surface area contributed by atoms with Crippen molar-refractivity contribution in [2.45, 2.75) is 19.0 Å². The van der Waals surface area contributed by atoms with Crippen LogP contribution in [0.15, 0.2) is 30.5 Å². The average molecular weight is 336 g/mol. The lowest BCUT2D eigenvalue weighted by Gasteiger charge is -2.12. The number of ether oxygens (including phenoxy) is 1. The van der Waals surface area contributed by atoms with Crippen LogP contribution in [0, 0.1) is 0 Å². The summed E-state index contributed by atoms with van der Waals surface area (Å²) in [5.74, 6) is -0.0405. The van der Waals surface area contributed by atoms with Crippen LogP contribution < -0.4 is 5.32 Å². The molecule has 0 spiro atoms. The van der Waals surface area contributed by atoms with Crippen LogP contribution in [-0.2, 0) is 21.1 Å². The monoisotopic (exact) mass is 336 g/mol. The minimum Gasteiger partial charge on any atom is -0.383 e. The first-order chi connectivity index (χ1) is 11.0. The van der Waals surface area contributed by atoms with E-state index in [0.29, 0.717) is 25.1 Å². The predicted octanol–water partition coefficient (Wildman–Crippen LogP) is 1.20. The standard InChI is InChI=1S/C16H20N2O4S/c1-22-9-8-18-7-5-13-14(3-2-4-15(13)18)16(19)17-12-6-10-23(20,21)11-12/h2-5,7,12H,6,8-11H2,1H3,(H,17,19). The van der Waals surface area contributed by atoms with Gasteiger partial charge in [0.1, 0.15) is 0 Å². The average Bonchev–Trinajstić information content (AvgIpc) is 3.07. The predicted molar refractivity (Wildman–Crippen MR) is 88.3 cm³/mol. The summed E-state index contributed by atoms with van der Waals surface area (Å²) in [6, 6.07) is 7.18. The Bertz CT molecular complexity index is 826. The molecule has 6 nitrogen and oxygen atoms in total. The molecule has 1 aliphatic heterocycles. The Labute approximate surface area is 135 Å². The van der Waals surface area contributed by atoms with Crippen LogP contribution in [0.3, 0.4) is 0 Å². The normalized spacial score (nSPS) is 20.0. The summed E-state index contributed by atoms with van der Waals surface area (Å²) in [4.78, 5) is 12.5. The summed E-state index contributed by atoms with van der Waals surface area (Å²) in [5, 5.41) is 3.71. The second-order valence-corrected chi connectivity index (χ2v) is 8.04. The summed E-state index contributed by atoms with van der Waals surface area (Å²) in [7, 11) is -1.35. The molecule has 1 N–H and O–H groups in total. The molecule has 1 amide bonds. The molecule has 0 aliphatic carbocycles. The molecule has 1 atom stereocenters. The molecule has 1 aromatic heterocycles. The molecule has 2 aromatic rings. The lowest BCUT2D eigenvalue weighted by atomic mass is 10.1. The van der Waals surface area contributed by atoms with Gasteiger partial charge in [-0.3, -0.25) is 4.79 Å². The number of hydrogen-bond acceptors (Lipinski definition) is 4. The number of methoxy groups -OCH3 is 1. The molecule has 0 radical (unpaired) electrons. The number of sulfone groups is 1. The molecule has 3 rings (SSSR count). The summed E-state index contributed by atoms with van der Waals surface area (Å²) < 4.78 is 30.1. The smallest absolute Gasteiger partial charge is 0.252 e. The number of nitrogens with one attached hydrogen (secondary N) is 1. The van der Waals surface area contributed by atoms with E-state index < -0.39 is 9.84 Å².